The fourth-order valence-corrected chi connectivity index (χ4v) is 4.19. The molecule has 1 N–H and O–H groups in total. The molecular formula is C28H48O. The van der Waals surface area contributed by atoms with Gasteiger partial charge in [-0.3, -0.25) is 0 Å². The smallest absolute Gasteiger partial charge is 0.0619 e. The van der Waals surface area contributed by atoms with E-state index < -0.39 is 5.60 Å². The van der Waals surface area contributed by atoms with Gasteiger partial charge in [0.1, 0.15) is 0 Å². The molecule has 0 aromatic heterocycles. The molecule has 0 aliphatic carbocycles. The molecular weight excluding hydrogens is 352 g/mol. The molecule has 1 heteroatoms. The minimum atomic E-state index is -0.506. The van der Waals surface area contributed by atoms with Crippen LogP contribution in [-0.2, 0) is 6.42 Å². The maximum atomic E-state index is 10.7. The average Bonchev–Trinajstić information content (AvgIpc) is 2.65. The van der Waals surface area contributed by atoms with Gasteiger partial charge in [-0.1, -0.05) is 63.3 Å². The van der Waals surface area contributed by atoms with Crippen molar-refractivity contribution in [3.63, 3.8) is 0 Å². The Morgan fingerprint density at radius 2 is 1.72 bits per heavy atom. The predicted octanol–water partition coefficient (Wildman–Crippen LogP) is 8.41. The van der Waals surface area contributed by atoms with Crippen LogP contribution in [0.1, 0.15) is 114 Å². The molecule has 1 aromatic carbocycles. The normalized spacial score (nSPS) is 15.4. The molecule has 0 aliphatic rings. The third-order valence-corrected chi connectivity index (χ3v) is 6.83. The van der Waals surface area contributed by atoms with E-state index in [2.05, 4.69) is 59.8 Å². The molecule has 0 heterocycles. The van der Waals surface area contributed by atoms with Crippen molar-refractivity contribution < 1.29 is 5.11 Å². The molecule has 0 bridgehead atoms. The van der Waals surface area contributed by atoms with Gasteiger partial charge in [0.25, 0.3) is 0 Å². The summed E-state index contributed by atoms with van der Waals surface area (Å²) in [5.74, 6) is 0.718. The van der Waals surface area contributed by atoms with Crippen LogP contribution in [-0.4, -0.2) is 10.7 Å². The predicted molar refractivity (Wildman–Crippen MR) is 130 cm³/mol. The molecule has 29 heavy (non-hydrogen) atoms. The van der Waals surface area contributed by atoms with E-state index in [0.717, 1.165) is 38.0 Å². The van der Waals surface area contributed by atoms with Crippen molar-refractivity contribution in [1.82, 2.24) is 0 Å². The summed E-state index contributed by atoms with van der Waals surface area (Å²) < 4.78 is 0. The first-order valence-corrected chi connectivity index (χ1v) is 12.1. The van der Waals surface area contributed by atoms with Crippen LogP contribution in [0.5, 0.6) is 0 Å². The van der Waals surface area contributed by atoms with Gasteiger partial charge in [-0.2, -0.15) is 0 Å². The van der Waals surface area contributed by atoms with Gasteiger partial charge in [0, 0.05) is 0 Å². The van der Waals surface area contributed by atoms with Crippen LogP contribution in [0.3, 0.4) is 0 Å². The first-order valence-electron chi connectivity index (χ1n) is 12.1. The van der Waals surface area contributed by atoms with E-state index in [1.807, 2.05) is 6.92 Å². The second-order valence-electron chi connectivity index (χ2n) is 9.87. The lowest BCUT2D eigenvalue weighted by Crippen LogP contribution is -2.24. The number of benzene rings is 1. The van der Waals surface area contributed by atoms with E-state index in [0.29, 0.717) is 0 Å². The highest BCUT2D eigenvalue weighted by atomic mass is 16.3. The van der Waals surface area contributed by atoms with Gasteiger partial charge in [0.2, 0.25) is 0 Å². The van der Waals surface area contributed by atoms with Gasteiger partial charge in [0.05, 0.1) is 5.60 Å². The fraction of sp³-hybridized carbons (Fsp3) is 0.714. The Bertz CT molecular complexity index is 623. The standard InChI is InChI=1S/C28H48O/c1-8-9-10-13-22(2)14-11-20-28(7,29)21-12-15-23(3)16-18-27-19-17-24(4)25(5)26(27)6/h13,17,19,23,29H,8-12,14-16,18,20-21H2,1-7H3/b22-13+. The Kier molecular flexibility index (Phi) is 11.9. The summed E-state index contributed by atoms with van der Waals surface area (Å²) >= 11 is 0. The van der Waals surface area contributed by atoms with E-state index in [9.17, 15) is 5.11 Å². The molecule has 0 spiro atoms. The Morgan fingerprint density at radius 1 is 1.03 bits per heavy atom. The highest BCUT2D eigenvalue weighted by Crippen LogP contribution is 2.25. The van der Waals surface area contributed by atoms with Crippen molar-refractivity contribution >= 4 is 0 Å². The molecule has 0 radical (unpaired) electrons. The van der Waals surface area contributed by atoms with E-state index in [1.54, 1.807) is 0 Å². The summed E-state index contributed by atoms with van der Waals surface area (Å²) in [6.07, 6.45) is 15.0. The number of hydrogen-bond acceptors (Lipinski definition) is 1. The van der Waals surface area contributed by atoms with Crippen LogP contribution in [0.15, 0.2) is 23.8 Å². The lowest BCUT2D eigenvalue weighted by Gasteiger charge is -2.24. The van der Waals surface area contributed by atoms with E-state index in [-0.39, 0.29) is 0 Å². The first kappa shape index (κ1) is 26.0. The number of aliphatic hydroxyl groups is 1. The first-order chi connectivity index (χ1) is 13.7. The molecule has 0 saturated carbocycles. The van der Waals surface area contributed by atoms with Crippen LogP contribution in [0, 0.1) is 26.7 Å². The Morgan fingerprint density at radius 3 is 2.41 bits per heavy atom. The zero-order valence-electron chi connectivity index (χ0n) is 20.5. The molecule has 2 atom stereocenters. The summed E-state index contributed by atoms with van der Waals surface area (Å²) in [4.78, 5) is 0. The number of allylic oxidation sites excluding steroid dienone is 2. The van der Waals surface area contributed by atoms with Crippen molar-refractivity contribution in [2.45, 2.75) is 125 Å². The minimum absolute atomic E-state index is 0.506. The Balaban J connectivity index is 2.27. The number of unbranched alkanes of at least 4 members (excludes halogenated alkanes) is 2. The lowest BCUT2D eigenvalue weighted by molar-refractivity contribution is 0.0365. The number of rotatable bonds is 14. The maximum absolute atomic E-state index is 10.7. The van der Waals surface area contributed by atoms with Crippen LogP contribution < -0.4 is 0 Å². The molecule has 0 amide bonds. The lowest BCUT2D eigenvalue weighted by atomic mass is 9.88. The molecule has 0 aliphatic heterocycles. The number of aryl methyl sites for hydroxylation is 2. The summed E-state index contributed by atoms with van der Waals surface area (Å²) in [5, 5.41) is 10.7. The second kappa shape index (κ2) is 13.3. The van der Waals surface area contributed by atoms with E-state index in [4.69, 9.17) is 0 Å². The quantitative estimate of drug-likeness (QED) is 0.245. The van der Waals surface area contributed by atoms with Gasteiger partial charge in [-0.25, -0.2) is 0 Å². The molecule has 2 unspecified atom stereocenters. The van der Waals surface area contributed by atoms with Gasteiger partial charge in [-0.15, -0.1) is 0 Å². The molecule has 166 valence electrons. The van der Waals surface area contributed by atoms with Crippen molar-refractivity contribution in [2.75, 3.05) is 0 Å². The molecule has 1 nitrogen and oxygen atoms in total. The van der Waals surface area contributed by atoms with Crippen molar-refractivity contribution in [1.29, 1.82) is 0 Å². The van der Waals surface area contributed by atoms with Crippen molar-refractivity contribution in [2.24, 2.45) is 5.92 Å². The molecule has 0 saturated heterocycles. The van der Waals surface area contributed by atoms with E-state index >= 15 is 0 Å². The molecule has 1 rings (SSSR count). The zero-order chi connectivity index (χ0) is 21.9. The Labute approximate surface area is 182 Å². The SMILES string of the molecule is CCCC/C=C(\C)CCCC(C)(O)CCCC(C)CCc1ccc(C)c(C)c1C. The monoisotopic (exact) mass is 400 g/mol. The van der Waals surface area contributed by atoms with Crippen LogP contribution >= 0.6 is 0 Å². The van der Waals surface area contributed by atoms with E-state index in [1.165, 1.54) is 66.4 Å². The summed E-state index contributed by atoms with van der Waals surface area (Å²) in [6.45, 7) is 15.6. The highest BCUT2D eigenvalue weighted by Gasteiger charge is 2.19. The van der Waals surface area contributed by atoms with Crippen LogP contribution in [0.2, 0.25) is 0 Å². The van der Waals surface area contributed by atoms with Gasteiger partial charge >= 0.3 is 0 Å². The Hall–Kier alpha value is -1.08. The third kappa shape index (κ3) is 10.5. The number of hydrogen-bond donors (Lipinski definition) is 1. The molecule has 0 fully saturated rings. The summed E-state index contributed by atoms with van der Waals surface area (Å²) in [6, 6.07) is 4.58. The maximum Gasteiger partial charge on any atom is 0.0619 e. The minimum Gasteiger partial charge on any atom is -0.390 e. The van der Waals surface area contributed by atoms with Crippen molar-refractivity contribution in [3.05, 3.63) is 46.0 Å². The van der Waals surface area contributed by atoms with Gasteiger partial charge in [0.15, 0.2) is 0 Å². The van der Waals surface area contributed by atoms with Crippen LogP contribution in [0.25, 0.3) is 0 Å². The second-order valence-corrected chi connectivity index (χ2v) is 9.87. The average molecular weight is 401 g/mol. The van der Waals surface area contributed by atoms with Crippen LogP contribution in [0.4, 0.5) is 0 Å². The fourth-order valence-electron chi connectivity index (χ4n) is 4.19. The topological polar surface area (TPSA) is 20.2 Å². The zero-order valence-corrected chi connectivity index (χ0v) is 20.5. The van der Waals surface area contributed by atoms with Gasteiger partial charge < -0.3 is 5.11 Å². The largest absolute Gasteiger partial charge is 0.390 e. The van der Waals surface area contributed by atoms with Gasteiger partial charge in [-0.05, 0) is 108 Å². The highest BCUT2D eigenvalue weighted by molar-refractivity contribution is 5.38. The third-order valence-electron chi connectivity index (χ3n) is 6.83. The molecule has 1 aromatic rings. The van der Waals surface area contributed by atoms with Crippen molar-refractivity contribution in [3.8, 4) is 0 Å². The summed E-state index contributed by atoms with van der Waals surface area (Å²) in [5.41, 5.74) is 6.81. The summed E-state index contributed by atoms with van der Waals surface area (Å²) in [7, 11) is 0.